The van der Waals surface area contributed by atoms with E-state index in [9.17, 15) is 16.8 Å². The molecule has 0 unspecified atom stereocenters. The van der Waals surface area contributed by atoms with Crippen molar-refractivity contribution in [2.24, 2.45) is 0 Å². The van der Waals surface area contributed by atoms with Crippen molar-refractivity contribution in [3.05, 3.63) is 83.4 Å². The highest BCUT2D eigenvalue weighted by Gasteiger charge is 2.19. The molecule has 8 heteroatoms. The molecular formula is C19H15ClO5S2. The van der Waals surface area contributed by atoms with E-state index in [2.05, 4.69) is 0 Å². The lowest BCUT2D eigenvalue weighted by Gasteiger charge is -2.09. The largest absolute Gasteiger partial charge is 0.379 e. The summed E-state index contributed by atoms with van der Waals surface area (Å²) in [6.45, 7) is 1.84. The highest BCUT2D eigenvalue weighted by Crippen LogP contribution is 2.25. The maximum atomic E-state index is 12.6. The van der Waals surface area contributed by atoms with Crippen molar-refractivity contribution < 1.29 is 21.0 Å². The summed E-state index contributed by atoms with van der Waals surface area (Å²) in [7, 11) is -7.74. The van der Waals surface area contributed by atoms with Crippen LogP contribution in [-0.2, 0) is 20.0 Å². The summed E-state index contributed by atoms with van der Waals surface area (Å²) >= 11 is 5.78. The predicted molar refractivity (Wildman–Crippen MR) is 102 cm³/mol. The Labute approximate surface area is 163 Å². The van der Waals surface area contributed by atoms with Crippen LogP contribution in [0.1, 0.15) is 5.56 Å². The minimum absolute atomic E-state index is 0.0184. The van der Waals surface area contributed by atoms with Crippen LogP contribution in [0.15, 0.2) is 87.5 Å². The van der Waals surface area contributed by atoms with Crippen molar-refractivity contribution in [1.82, 2.24) is 0 Å². The monoisotopic (exact) mass is 422 g/mol. The van der Waals surface area contributed by atoms with Gasteiger partial charge in [0.25, 0.3) is 0 Å². The van der Waals surface area contributed by atoms with Crippen LogP contribution in [0.4, 0.5) is 0 Å². The zero-order valence-electron chi connectivity index (χ0n) is 14.2. The van der Waals surface area contributed by atoms with E-state index in [1.54, 1.807) is 12.1 Å². The van der Waals surface area contributed by atoms with Gasteiger partial charge in [0.15, 0.2) is 0 Å². The van der Waals surface area contributed by atoms with Crippen LogP contribution in [0.2, 0.25) is 5.02 Å². The molecular weight excluding hydrogens is 408 g/mol. The number of halogens is 1. The average molecular weight is 423 g/mol. The fraction of sp³-hybridized carbons (Fsp3) is 0.0526. The van der Waals surface area contributed by atoms with E-state index >= 15 is 0 Å². The Bertz CT molecular complexity index is 1150. The van der Waals surface area contributed by atoms with Gasteiger partial charge in [0.05, 0.1) is 9.79 Å². The fourth-order valence-electron chi connectivity index (χ4n) is 2.30. The zero-order valence-corrected chi connectivity index (χ0v) is 16.6. The van der Waals surface area contributed by atoms with E-state index in [0.717, 1.165) is 5.56 Å². The lowest BCUT2D eigenvalue weighted by atomic mass is 10.2. The highest BCUT2D eigenvalue weighted by molar-refractivity contribution is 7.91. The molecule has 0 aromatic heterocycles. The Balaban J connectivity index is 1.85. The molecule has 0 atom stereocenters. The van der Waals surface area contributed by atoms with Crippen molar-refractivity contribution in [1.29, 1.82) is 0 Å². The van der Waals surface area contributed by atoms with Gasteiger partial charge in [-0.2, -0.15) is 8.42 Å². The Morgan fingerprint density at radius 2 is 1.11 bits per heavy atom. The van der Waals surface area contributed by atoms with Crippen LogP contribution in [0.3, 0.4) is 0 Å². The van der Waals surface area contributed by atoms with Crippen LogP contribution >= 0.6 is 11.6 Å². The maximum absolute atomic E-state index is 12.6. The van der Waals surface area contributed by atoms with Gasteiger partial charge in [-0.1, -0.05) is 29.3 Å². The van der Waals surface area contributed by atoms with Gasteiger partial charge in [-0.15, -0.1) is 0 Å². The van der Waals surface area contributed by atoms with Crippen LogP contribution in [-0.4, -0.2) is 16.8 Å². The van der Waals surface area contributed by atoms with Crippen LogP contribution in [0.25, 0.3) is 0 Å². The molecule has 0 aliphatic carbocycles. The normalized spacial score (nSPS) is 11.9. The Morgan fingerprint density at radius 1 is 0.667 bits per heavy atom. The van der Waals surface area contributed by atoms with Crippen LogP contribution in [0, 0.1) is 6.92 Å². The van der Waals surface area contributed by atoms with Gasteiger partial charge < -0.3 is 4.18 Å². The molecule has 0 spiro atoms. The Morgan fingerprint density at radius 3 is 1.63 bits per heavy atom. The van der Waals surface area contributed by atoms with E-state index in [1.165, 1.54) is 60.7 Å². The van der Waals surface area contributed by atoms with Gasteiger partial charge in [-0.05, 0) is 67.6 Å². The number of aryl methyl sites for hydroxylation is 1. The molecule has 0 aliphatic heterocycles. The standard InChI is InChI=1S/C19H15ClO5S2/c1-14-2-8-19(9-3-14)27(23,24)25-16-6-12-18(13-7-16)26(21,22)17-10-4-15(20)5-11-17/h2-13H,1H3. The lowest BCUT2D eigenvalue weighted by molar-refractivity contribution is 0.486. The fourth-order valence-corrected chi connectivity index (χ4v) is 4.62. The molecule has 0 aliphatic rings. The summed E-state index contributed by atoms with van der Waals surface area (Å²) < 4.78 is 54.9. The molecule has 3 aromatic rings. The molecule has 5 nitrogen and oxygen atoms in total. The predicted octanol–water partition coefficient (Wildman–Crippen LogP) is 4.25. The van der Waals surface area contributed by atoms with Crippen LogP contribution in [0.5, 0.6) is 5.75 Å². The Hall–Kier alpha value is -2.35. The molecule has 0 bridgehead atoms. The molecule has 3 rings (SSSR count). The van der Waals surface area contributed by atoms with E-state index in [4.69, 9.17) is 15.8 Å². The summed E-state index contributed by atoms with van der Waals surface area (Å²) in [4.78, 5) is 0.128. The molecule has 0 saturated carbocycles. The van der Waals surface area contributed by atoms with Gasteiger partial charge in [-0.3, -0.25) is 0 Å². The second-order valence-corrected chi connectivity index (χ2v) is 9.71. The first-order valence-corrected chi connectivity index (χ1v) is 11.1. The second-order valence-electron chi connectivity index (χ2n) is 5.78. The molecule has 27 heavy (non-hydrogen) atoms. The van der Waals surface area contributed by atoms with Crippen molar-refractivity contribution in [2.75, 3.05) is 0 Å². The van der Waals surface area contributed by atoms with Gasteiger partial charge in [0.2, 0.25) is 9.84 Å². The number of rotatable bonds is 5. The van der Waals surface area contributed by atoms with Crippen molar-refractivity contribution in [2.45, 2.75) is 21.6 Å². The van der Waals surface area contributed by atoms with E-state index in [-0.39, 0.29) is 20.4 Å². The summed E-state index contributed by atoms with van der Waals surface area (Å²) in [6, 6.07) is 17.2. The first-order chi connectivity index (χ1) is 12.7. The summed E-state index contributed by atoms with van der Waals surface area (Å²) in [5.41, 5.74) is 0.922. The van der Waals surface area contributed by atoms with Crippen molar-refractivity contribution in [3.8, 4) is 5.75 Å². The molecule has 0 amide bonds. The number of benzene rings is 3. The molecule has 0 fully saturated rings. The zero-order chi connectivity index (χ0) is 19.7. The van der Waals surface area contributed by atoms with Crippen molar-refractivity contribution in [3.63, 3.8) is 0 Å². The van der Waals surface area contributed by atoms with Crippen LogP contribution < -0.4 is 4.18 Å². The second kappa shape index (κ2) is 7.34. The maximum Gasteiger partial charge on any atom is 0.339 e. The SMILES string of the molecule is Cc1ccc(S(=O)(=O)Oc2ccc(S(=O)(=O)c3ccc(Cl)cc3)cc2)cc1. The third-order valence-corrected chi connectivity index (χ3v) is 7.07. The molecule has 0 N–H and O–H groups in total. The molecule has 140 valence electrons. The number of hydrogen-bond acceptors (Lipinski definition) is 5. The Kier molecular flexibility index (Phi) is 5.28. The molecule has 0 radical (unpaired) electrons. The van der Waals surface area contributed by atoms with E-state index < -0.39 is 20.0 Å². The van der Waals surface area contributed by atoms with Gasteiger partial charge >= 0.3 is 10.1 Å². The molecule has 0 heterocycles. The third kappa shape index (κ3) is 4.32. The number of hydrogen-bond donors (Lipinski definition) is 0. The minimum atomic E-state index is -4.00. The van der Waals surface area contributed by atoms with Gasteiger partial charge in [0, 0.05) is 5.02 Å². The molecule has 3 aromatic carbocycles. The van der Waals surface area contributed by atoms with E-state index in [0.29, 0.717) is 5.02 Å². The highest BCUT2D eigenvalue weighted by atomic mass is 35.5. The van der Waals surface area contributed by atoms with Gasteiger partial charge in [-0.25, -0.2) is 8.42 Å². The lowest BCUT2D eigenvalue weighted by Crippen LogP contribution is -2.10. The average Bonchev–Trinajstić information content (AvgIpc) is 2.62. The summed E-state index contributed by atoms with van der Waals surface area (Å²) in [5.74, 6) is 0.0191. The first-order valence-electron chi connectivity index (χ1n) is 7.80. The number of sulfone groups is 1. The minimum Gasteiger partial charge on any atom is -0.379 e. The van der Waals surface area contributed by atoms with Gasteiger partial charge in [0.1, 0.15) is 10.6 Å². The molecule has 0 saturated heterocycles. The third-order valence-electron chi connectivity index (χ3n) is 3.77. The quantitative estimate of drug-likeness (QED) is 0.574. The smallest absolute Gasteiger partial charge is 0.339 e. The first kappa shape index (κ1) is 19.4. The summed E-state index contributed by atoms with van der Waals surface area (Å²) in [5, 5.41) is 0.430. The van der Waals surface area contributed by atoms with Crippen molar-refractivity contribution >= 4 is 31.6 Å². The topological polar surface area (TPSA) is 77.5 Å². The summed E-state index contributed by atoms with van der Waals surface area (Å²) in [6.07, 6.45) is 0. The van der Waals surface area contributed by atoms with E-state index in [1.807, 2.05) is 6.92 Å².